The van der Waals surface area contributed by atoms with Crippen LogP contribution in [-0.4, -0.2) is 12.3 Å². The molecule has 0 spiro atoms. The highest BCUT2D eigenvalue weighted by molar-refractivity contribution is 8.93. The first-order chi connectivity index (χ1) is 6.57. The van der Waals surface area contributed by atoms with E-state index < -0.39 is 0 Å². The summed E-state index contributed by atoms with van der Waals surface area (Å²) >= 11 is 0. The number of halogens is 1. The van der Waals surface area contributed by atoms with E-state index >= 15 is 0 Å². The Morgan fingerprint density at radius 2 is 1.73 bits per heavy atom. The Morgan fingerprint density at radius 1 is 1.20 bits per heavy atom. The Hall–Kier alpha value is -0.0700. The van der Waals surface area contributed by atoms with Crippen molar-refractivity contribution < 1.29 is 4.74 Å². The Kier molecular flexibility index (Phi) is 6.47. The highest BCUT2D eigenvalue weighted by Gasteiger charge is 2.15. The zero-order valence-electron chi connectivity index (χ0n) is 9.83. The average Bonchev–Trinajstić information content (AvgIpc) is 2.19. The van der Waals surface area contributed by atoms with Crippen LogP contribution in [0.15, 0.2) is 24.3 Å². The lowest BCUT2D eigenvalue weighted by Crippen LogP contribution is -2.15. The first-order valence-electron chi connectivity index (χ1n) is 4.99. The van der Waals surface area contributed by atoms with E-state index in [0.29, 0.717) is 5.16 Å². The Balaban J connectivity index is 0.00000196. The van der Waals surface area contributed by atoms with Gasteiger partial charge in [0.2, 0.25) is 0 Å². The molecule has 0 bridgehead atoms. The molecule has 0 amide bonds. The predicted molar refractivity (Wildman–Crippen MR) is 75.6 cm³/mol. The van der Waals surface area contributed by atoms with Crippen LogP contribution >= 0.6 is 25.6 Å². The lowest BCUT2D eigenvalue weighted by Gasteiger charge is -2.22. The molecule has 3 heteroatoms. The fraction of sp³-hybridized carbons (Fsp3) is 0.500. The number of benzene rings is 1. The number of hydrogen-bond acceptors (Lipinski definition) is 1. The van der Waals surface area contributed by atoms with Gasteiger partial charge < -0.3 is 4.74 Å². The van der Waals surface area contributed by atoms with Crippen LogP contribution < -0.4 is 10.0 Å². The van der Waals surface area contributed by atoms with E-state index in [2.05, 4.69) is 32.9 Å². The van der Waals surface area contributed by atoms with Crippen molar-refractivity contribution in [3.8, 4) is 5.75 Å². The molecular formula is C12H20BrOP. The molecule has 0 saturated heterocycles. The van der Waals surface area contributed by atoms with Crippen LogP contribution in [-0.2, 0) is 0 Å². The number of ether oxygens (including phenoxy) is 1. The van der Waals surface area contributed by atoms with Crippen LogP contribution in [0.25, 0.3) is 0 Å². The van der Waals surface area contributed by atoms with E-state index in [-0.39, 0.29) is 17.0 Å². The van der Waals surface area contributed by atoms with Gasteiger partial charge in [-0.2, -0.15) is 0 Å². The van der Waals surface area contributed by atoms with E-state index in [1.54, 1.807) is 7.11 Å². The average molecular weight is 291 g/mol. The van der Waals surface area contributed by atoms with Gasteiger partial charge in [-0.1, -0.05) is 41.5 Å². The molecule has 0 aromatic heterocycles. The van der Waals surface area contributed by atoms with E-state index in [0.717, 1.165) is 14.3 Å². The van der Waals surface area contributed by atoms with Gasteiger partial charge in [0.05, 0.1) is 7.11 Å². The van der Waals surface area contributed by atoms with Crippen molar-refractivity contribution in [2.45, 2.75) is 32.3 Å². The molecule has 1 aromatic rings. The maximum absolute atomic E-state index is 5.13. The summed E-state index contributed by atoms with van der Waals surface area (Å²) in [6.45, 7) is 6.88. The normalized spacial score (nSPS) is 11.5. The van der Waals surface area contributed by atoms with Crippen molar-refractivity contribution in [2.75, 3.05) is 7.11 Å². The second-order valence-electron chi connectivity index (χ2n) is 4.09. The summed E-state index contributed by atoms with van der Waals surface area (Å²) in [4.78, 5) is 0. The molecule has 1 atom stereocenters. The minimum Gasteiger partial charge on any atom is -0.497 e. The molecular weight excluding hydrogens is 271 g/mol. The Bertz CT molecular complexity index is 282. The van der Waals surface area contributed by atoms with E-state index in [1.165, 1.54) is 11.7 Å². The lowest BCUT2D eigenvalue weighted by molar-refractivity contribution is 0.415. The van der Waals surface area contributed by atoms with Crippen LogP contribution in [0, 0.1) is 0 Å². The van der Waals surface area contributed by atoms with Gasteiger partial charge in [0, 0.05) is 0 Å². The van der Waals surface area contributed by atoms with Crippen molar-refractivity contribution in [3.63, 3.8) is 0 Å². The minimum atomic E-state index is 0. The van der Waals surface area contributed by atoms with Crippen LogP contribution in [0.3, 0.4) is 0 Å². The molecule has 1 aromatic carbocycles. The van der Waals surface area contributed by atoms with Crippen molar-refractivity contribution in [1.29, 1.82) is 0 Å². The van der Waals surface area contributed by atoms with Gasteiger partial charge in [-0.05, 0) is 29.0 Å². The van der Waals surface area contributed by atoms with Crippen molar-refractivity contribution in [1.82, 2.24) is 0 Å². The first-order valence-corrected chi connectivity index (χ1v) is 5.99. The highest BCUT2D eigenvalue weighted by atomic mass is 79.9. The quantitative estimate of drug-likeness (QED) is 0.767. The third kappa shape index (κ3) is 4.99. The highest BCUT2D eigenvalue weighted by Crippen LogP contribution is 2.33. The summed E-state index contributed by atoms with van der Waals surface area (Å²) < 4.78 is 5.13. The third-order valence-electron chi connectivity index (χ3n) is 2.46. The van der Waals surface area contributed by atoms with Crippen LogP contribution in [0.4, 0.5) is 0 Å². The molecule has 0 aliphatic carbocycles. The summed E-state index contributed by atoms with van der Waals surface area (Å²) in [5.74, 6) is 0.938. The molecule has 1 nitrogen and oxygen atoms in total. The van der Waals surface area contributed by atoms with Gasteiger partial charge >= 0.3 is 0 Å². The van der Waals surface area contributed by atoms with Crippen LogP contribution in [0.5, 0.6) is 5.75 Å². The molecule has 0 radical (unpaired) electrons. The molecule has 0 aliphatic heterocycles. The number of rotatable bonds is 4. The maximum atomic E-state index is 5.13. The molecule has 0 fully saturated rings. The molecule has 15 heavy (non-hydrogen) atoms. The Morgan fingerprint density at radius 3 is 2.13 bits per heavy atom. The fourth-order valence-corrected chi connectivity index (χ4v) is 2.45. The topological polar surface area (TPSA) is 9.23 Å². The molecule has 0 saturated carbocycles. The van der Waals surface area contributed by atoms with Gasteiger partial charge in [0.1, 0.15) is 5.75 Å². The van der Waals surface area contributed by atoms with E-state index in [4.69, 9.17) is 4.74 Å². The van der Waals surface area contributed by atoms with Gasteiger partial charge in [-0.25, -0.2) is 0 Å². The zero-order valence-corrected chi connectivity index (χ0v) is 12.5. The van der Waals surface area contributed by atoms with Crippen molar-refractivity contribution >= 4 is 30.9 Å². The molecule has 1 rings (SSSR count). The van der Waals surface area contributed by atoms with Crippen LogP contribution in [0.1, 0.15) is 27.2 Å². The fourth-order valence-electron chi connectivity index (χ4n) is 1.15. The van der Waals surface area contributed by atoms with Gasteiger partial charge in [-0.15, -0.1) is 17.0 Å². The summed E-state index contributed by atoms with van der Waals surface area (Å²) in [7, 11) is 2.58. The molecule has 0 heterocycles. The monoisotopic (exact) mass is 290 g/mol. The number of hydrogen-bond donors (Lipinski definition) is 0. The van der Waals surface area contributed by atoms with Gasteiger partial charge in [0.25, 0.3) is 0 Å². The molecule has 0 aliphatic rings. The second-order valence-corrected chi connectivity index (χ2v) is 6.27. The summed E-state index contributed by atoms with van der Waals surface area (Å²) in [5.41, 5.74) is 0. The predicted octanol–water partition coefficient (Wildman–Crippen LogP) is 3.77. The lowest BCUT2D eigenvalue weighted by atomic mass is 10.1. The van der Waals surface area contributed by atoms with Crippen LogP contribution in [0.2, 0.25) is 0 Å². The summed E-state index contributed by atoms with van der Waals surface area (Å²) in [5, 5.41) is 1.84. The molecule has 1 unspecified atom stereocenters. The van der Waals surface area contributed by atoms with Crippen molar-refractivity contribution in [2.24, 2.45) is 0 Å². The van der Waals surface area contributed by atoms with Gasteiger partial charge in [0.15, 0.2) is 0 Å². The molecule has 0 N–H and O–H groups in total. The smallest absolute Gasteiger partial charge is 0.118 e. The van der Waals surface area contributed by atoms with E-state index in [9.17, 15) is 0 Å². The summed E-state index contributed by atoms with van der Waals surface area (Å²) in [6, 6.07) is 8.39. The zero-order chi connectivity index (χ0) is 10.6. The summed E-state index contributed by atoms with van der Waals surface area (Å²) in [6.07, 6.45) is 1.22. The van der Waals surface area contributed by atoms with E-state index in [1.807, 2.05) is 12.1 Å². The standard InChI is InChI=1S/C12H19OP.BrH/c1-5-12(2,3)14-11-8-6-10(13-4)7-9-11;/h6-9,14H,5H2,1-4H3;1H. The molecule has 86 valence electrons. The second kappa shape index (κ2) is 6.50. The maximum Gasteiger partial charge on any atom is 0.118 e. The largest absolute Gasteiger partial charge is 0.497 e. The minimum absolute atomic E-state index is 0. The van der Waals surface area contributed by atoms with Crippen molar-refractivity contribution in [3.05, 3.63) is 24.3 Å². The third-order valence-corrected chi connectivity index (χ3v) is 4.11. The van der Waals surface area contributed by atoms with Gasteiger partial charge in [-0.3, -0.25) is 0 Å². The number of methoxy groups -OCH3 is 1. The first kappa shape index (κ1) is 14.9. The Labute approximate surface area is 105 Å². The SMILES string of the molecule is Br.CCC(C)(C)Pc1ccc(OC)cc1.